The second-order valence-corrected chi connectivity index (χ2v) is 13.4. The lowest BCUT2D eigenvalue weighted by Crippen LogP contribution is -2.54. The Kier molecular flexibility index (Phi) is 6.69. The second-order valence-electron chi connectivity index (χ2n) is 11.3. The van der Waals surface area contributed by atoms with E-state index < -0.39 is 9.84 Å². The number of hydrogen-bond donors (Lipinski definition) is 0. The molecule has 1 spiro atoms. The number of fused-ring (bicyclic) bond motifs is 1. The largest absolute Gasteiger partial charge is 0.487 e. The number of piperidine rings is 1. The number of aryl methyl sites for hydroxylation is 1. The van der Waals surface area contributed by atoms with Crippen molar-refractivity contribution in [1.82, 2.24) is 9.88 Å². The first-order valence-electron chi connectivity index (χ1n) is 12.9. The van der Waals surface area contributed by atoms with Gasteiger partial charge in [-0.3, -0.25) is 9.88 Å². The smallest absolute Gasteiger partial charge is 0.158 e. The molecule has 2 aliphatic rings. The Hall–Kier alpha value is -2.70. The Morgan fingerprint density at radius 3 is 2.31 bits per heavy atom. The lowest BCUT2D eigenvalue weighted by molar-refractivity contribution is -0.0355. The van der Waals surface area contributed by atoms with Crippen molar-refractivity contribution in [2.24, 2.45) is 0 Å². The molecule has 3 heterocycles. The van der Waals surface area contributed by atoms with Gasteiger partial charge in [-0.25, -0.2) is 8.42 Å². The van der Waals surface area contributed by atoms with E-state index in [9.17, 15) is 8.42 Å². The lowest BCUT2D eigenvalue weighted by atomic mass is 9.81. The molecular weight excluding hydrogens is 468 g/mol. The van der Waals surface area contributed by atoms with Crippen molar-refractivity contribution in [2.75, 3.05) is 13.1 Å². The van der Waals surface area contributed by atoms with Crippen molar-refractivity contribution >= 4 is 9.84 Å². The van der Waals surface area contributed by atoms with Gasteiger partial charge in [-0.05, 0) is 87.4 Å². The molecule has 1 aromatic heterocycles. The summed E-state index contributed by atoms with van der Waals surface area (Å²) in [5.74, 6) is 1.02. The minimum absolute atomic E-state index is 0.0120. The number of aromatic nitrogens is 1. The monoisotopic (exact) mass is 504 g/mol. The first-order chi connectivity index (χ1) is 17.1. The van der Waals surface area contributed by atoms with Crippen molar-refractivity contribution in [3.63, 3.8) is 0 Å². The fraction of sp³-hybridized carbons (Fsp3) is 0.433. The Balaban J connectivity index is 1.24. The van der Waals surface area contributed by atoms with Crippen molar-refractivity contribution in [1.29, 1.82) is 0 Å². The molecule has 0 radical (unpaired) electrons. The molecule has 0 N–H and O–H groups in total. The maximum Gasteiger partial charge on any atom is 0.158 e. The van der Waals surface area contributed by atoms with Gasteiger partial charge in [-0.2, -0.15) is 0 Å². The second kappa shape index (κ2) is 9.64. The summed E-state index contributed by atoms with van der Waals surface area (Å²) in [4.78, 5) is 7.15. The van der Waals surface area contributed by atoms with E-state index in [0.717, 1.165) is 61.3 Å². The molecule has 36 heavy (non-hydrogen) atoms. The van der Waals surface area contributed by atoms with Crippen LogP contribution in [0.5, 0.6) is 5.75 Å². The van der Waals surface area contributed by atoms with E-state index in [2.05, 4.69) is 48.9 Å². The van der Waals surface area contributed by atoms with E-state index in [0.29, 0.717) is 5.56 Å². The zero-order valence-electron chi connectivity index (χ0n) is 21.5. The molecule has 1 fully saturated rings. The highest BCUT2D eigenvalue weighted by Gasteiger charge is 2.41. The molecule has 2 aliphatic heterocycles. The molecule has 0 atom stereocenters. The fourth-order valence-electron chi connectivity index (χ4n) is 5.43. The summed E-state index contributed by atoms with van der Waals surface area (Å²) < 4.78 is 31.9. The molecule has 0 aliphatic carbocycles. The van der Waals surface area contributed by atoms with Crippen LogP contribution in [0, 0.1) is 0 Å². The number of likely N-dealkylation sites (tertiary alicyclic amines) is 1. The Morgan fingerprint density at radius 2 is 1.64 bits per heavy atom. The molecule has 190 valence electrons. The van der Waals surface area contributed by atoms with Gasteiger partial charge in [0, 0.05) is 30.4 Å². The van der Waals surface area contributed by atoms with E-state index in [1.165, 1.54) is 5.56 Å². The summed E-state index contributed by atoms with van der Waals surface area (Å²) in [5, 5.41) is 0. The van der Waals surface area contributed by atoms with Gasteiger partial charge in [-0.15, -0.1) is 0 Å². The van der Waals surface area contributed by atoms with Crippen LogP contribution in [0.4, 0.5) is 0 Å². The summed E-state index contributed by atoms with van der Waals surface area (Å²) in [5.41, 5.74) is 4.79. The van der Waals surface area contributed by atoms with Crippen molar-refractivity contribution in [3.8, 4) is 17.0 Å². The number of benzene rings is 2. The van der Waals surface area contributed by atoms with Crippen LogP contribution in [0.3, 0.4) is 0 Å². The predicted octanol–water partition coefficient (Wildman–Crippen LogP) is 5.82. The number of rotatable bonds is 5. The predicted molar refractivity (Wildman–Crippen MR) is 145 cm³/mol. The van der Waals surface area contributed by atoms with Crippen molar-refractivity contribution < 1.29 is 13.2 Å². The topological polar surface area (TPSA) is 59.5 Å². The molecule has 3 aromatic rings. The van der Waals surface area contributed by atoms with Crippen LogP contribution in [0.15, 0.2) is 66.9 Å². The van der Waals surface area contributed by atoms with E-state index in [-0.39, 0.29) is 22.6 Å². The standard InChI is InChI=1S/C30H36N2O3S/c1-29(2,3)32-17-15-30(16-18-32)14-13-26-19-25(10-12-28(26)35-30)27-11-9-24(20-31-27)22-36(33,34)21-23-7-5-4-6-8-23/h4-12,19-20H,13-18,21-22H2,1-3H3. The molecule has 0 bridgehead atoms. The van der Waals surface area contributed by atoms with E-state index in [1.54, 1.807) is 6.20 Å². The maximum absolute atomic E-state index is 12.6. The van der Waals surface area contributed by atoms with Crippen LogP contribution in [-0.2, 0) is 27.8 Å². The van der Waals surface area contributed by atoms with Crippen LogP contribution >= 0.6 is 0 Å². The summed E-state index contributed by atoms with van der Waals surface area (Å²) in [6, 6.07) is 19.4. The average molecular weight is 505 g/mol. The Morgan fingerprint density at radius 1 is 0.917 bits per heavy atom. The van der Waals surface area contributed by atoms with E-state index in [4.69, 9.17) is 4.74 Å². The SMILES string of the molecule is CC(C)(C)N1CCC2(CCc3cc(-c4ccc(CS(=O)(=O)Cc5ccccc5)cn4)ccc3O2)CC1. The third-order valence-corrected chi connectivity index (χ3v) is 9.14. The van der Waals surface area contributed by atoms with Crippen molar-refractivity contribution in [3.05, 3.63) is 83.6 Å². The highest BCUT2D eigenvalue weighted by atomic mass is 32.2. The first-order valence-corrected chi connectivity index (χ1v) is 14.7. The van der Waals surface area contributed by atoms with Gasteiger partial charge in [0.25, 0.3) is 0 Å². The minimum atomic E-state index is -3.26. The molecule has 0 unspecified atom stereocenters. The molecule has 1 saturated heterocycles. The number of sulfone groups is 1. The zero-order chi connectivity index (χ0) is 25.4. The summed E-state index contributed by atoms with van der Waals surface area (Å²) >= 11 is 0. The molecule has 0 saturated carbocycles. The van der Waals surface area contributed by atoms with Gasteiger partial charge < -0.3 is 4.74 Å². The summed E-state index contributed by atoms with van der Waals surface area (Å²) in [6.45, 7) is 9.01. The molecule has 0 amide bonds. The average Bonchev–Trinajstić information content (AvgIpc) is 2.84. The molecule has 2 aromatic carbocycles. The number of pyridine rings is 1. The first kappa shape index (κ1) is 25.0. The summed E-state index contributed by atoms with van der Waals surface area (Å²) in [7, 11) is -3.26. The van der Waals surface area contributed by atoms with Crippen LogP contribution in [-0.4, -0.2) is 42.5 Å². The van der Waals surface area contributed by atoms with Crippen LogP contribution < -0.4 is 4.74 Å². The number of hydrogen-bond acceptors (Lipinski definition) is 5. The third kappa shape index (κ3) is 5.65. The van der Waals surface area contributed by atoms with Crippen LogP contribution in [0.2, 0.25) is 0 Å². The van der Waals surface area contributed by atoms with Crippen LogP contribution in [0.25, 0.3) is 11.3 Å². The normalized spacial score (nSPS) is 18.0. The quantitative estimate of drug-likeness (QED) is 0.438. The third-order valence-electron chi connectivity index (χ3n) is 7.60. The highest BCUT2D eigenvalue weighted by molar-refractivity contribution is 7.89. The van der Waals surface area contributed by atoms with Gasteiger partial charge in [0.1, 0.15) is 11.4 Å². The highest BCUT2D eigenvalue weighted by Crippen LogP contribution is 2.41. The zero-order valence-corrected chi connectivity index (χ0v) is 22.4. The van der Waals surface area contributed by atoms with E-state index >= 15 is 0 Å². The number of nitrogens with zero attached hydrogens (tertiary/aromatic N) is 2. The Labute approximate surface area is 215 Å². The van der Waals surface area contributed by atoms with Crippen molar-refractivity contribution in [2.45, 2.75) is 69.1 Å². The van der Waals surface area contributed by atoms with Gasteiger partial charge in [-0.1, -0.05) is 36.4 Å². The summed E-state index contributed by atoms with van der Waals surface area (Å²) in [6.07, 6.45) is 5.89. The Bertz CT molecular complexity index is 1300. The molecule has 5 nitrogen and oxygen atoms in total. The molecular formula is C30H36N2O3S. The van der Waals surface area contributed by atoms with Gasteiger partial charge >= 0.3 is 0 Å². The fourth-order valence-corrected chi connectivity index (χ4v) is 6.91. The minimum Gasteiger partial charge on any atom is -0.487 e. The lowest BCUT2D eigenvalue weighted by Gasteiger charge is -2.48. The van der Waals surface area contributed by atoms with Gasteiger partial charge in [0.15, 0.2) is 9.84 Å². The molecule has 6 heteroatoms. The molecule has 5 rings (SSSR count). The van der Waals surface area contributed by atoms with Gasteiger partial charge in [0.05, 0.1) is 17.2 Å². The number of ether oxygens (including phenoxy) is 1. The maximum atomic E-state index is 12.6. The van der Waals surface area contributed by atoms with Crippen LogP contribution in [0.1, 0.15) is 56.7 Å². The van der Waals surface area contributed by atoms with Gasteiger partial charge in [0.2, 0.25) is 0 Å². The van der Waals surface area contributed by atoms with E-state index in [1.807, 2.05) is 42.5 Å².